The molecule has 0 bridgehead atoms. The number of aliphatic hydroxyl groups is 1. The van der Waals surface area contributed by atoms with E-state index in [2.05, 4.69) is 23.3 Å². The predicted octanol–water partition coefficient (Wildman–Crippen LogP) is 2.80. The highest BCUT2D eigenvalue weighted by Gasteiger charge is 2.48. The molecule has 2 aromatic rings. The summed E-state index contributed by atoms with van der Waals surface area (Å²) in [5, 5.41) is 15.6. The highest BCUT2D eigenvalue weighted by molar-refractivity contribution is 7.93. The van der Waals surface area contributed by atoms with Gasteiger partial charge in [-0.1, -0.05) is 90.0 Å². The second-order valence-corrected chi connectivity index (χ2v) is 12.9. The van der Waals surface area contributed by atoms with Gasteiger partial charge in [0, 0.05) is 37.7 Å². The minimum Gasteiger partial charge on any atom is -0.384 e. The van der Waals surface area contributed by atoms with Gasteiger partial charge in [-0.05, 0) is 30.0 Å². The van der Waals surface area contributed by atoms with E-state index >= 15 is 0 Å². The number of carbonyl (C=O) groups excluding carboxylic acids is 2. The van der Waals surface area contributed by atoms with Crippen LogP contribution in [0.2, 0.25) is 0 Å². The molecule has 1 aliphatic rings. The number of thiol groups is 1. The number of amides is 2. The van der Waals surface area contributed by atoms with Crippen LogP contribution in [0.25, 0.3) is 5.57 Å². The highest BCUT2D eigenvalue weighted by Crippen LogP contribution is 2.44. The summed E-state index contributed by atoms with van der Waals surface area (Å²) in [7, 11) is -4.44. The molecule has 0 radical (unpaired) electrons. The molecule has 0 spiro atoms. The van der Waals surface area contributed by atoms with Gasteiger partial charge in [0.25, 0.3) is 15.9 Å². The number of allylic oxidation sites excluding steroid dienone is 2. The summed E-state index contributed by atoms with van der Waals surface area (Å²) in [6.07, 6.45) is 2.78. The molecule has 3 rings (SSSR count). The topological polar surface area (TPSA) is 125 Å². The lowest BCUT2D eigenvalue weighted by Crippen LogP contribution is -2.49. The summed E-state index contributed by atoms with van der Waals surface area (Å²) in [5.41, 5.74) is 2.74. The Kier molecular flexibility index (Phi) is 11.2. The molecule has 0 aliphatic heterocycles. The van der Waals surface area contributed by atoms with Crippen molar-refractivity contribution in [2.75, 3.05) is 19.6 Å². The van der Waals surface area contributed by atoms with Crippen LogP contribution < -0.4 is 15.4 Å². The van der Waals surface area contributed by atoms with Gasteiger partial charge in [0.2, 0.25) is 5.91 Å². The molecule has 0 fully saturated rings. The molecule has 2 amide bonds. The van der Waals surface area contributed by atoms with Crippen LogP contribution in [0.3, 0.4) is 0 Å². The number of benzene rings is 2. The van der Waals surface area contributed by atoms with Crippen molar-refractivity contribution in [3.05, 3.63) is 89.5 Å². The first-order chi connectivity index (χ1) is 18.5. The molecule has 1 aliphatic carbocycles. The van der Waals surface area contributed by atoms with Crippen LogP contribution in [-0.4, -0.2) is 60.5 Å². The average Bonchev–Trinajstić information content (AvgIpc) is 2.90. The van der Waals surface area contributed by atoms with Crippen LogP contribution in [0.5, 0.6) is 0 Å². The molecule has 210 valence electrons. The fraction of sp³-hybridized carbons (Fsp3) is 0.357. The maximum absolute atomic E-state index is 13.3. The Balaban J connectivity index is 1.57. The van der Waals surface area contributed by atoms with E-state index in [9.17, 15) is 23.1 Å². The fourth-order valence-corrected chi connectivity index (χ4v) is 6.30. The lowest BCUT2D eigenvalue weighted by molar-refractivity contribution is -0.126. The van der Waals surface area contributed by atoms with Crippen molar-refractivity contribution < 1.29 is 23.1 Å². The molecule has 39 heavy (non-hydrogen) atoms. The summed E-state index contributed by atoms with van der Waals surface area (Å²) in [6.45, 7) is 2.28. The quantitative estimate of drug-likeness (QED) is 0.139. The maximum Gasteiger partial charge on any atom is 0.262 e. The smallest absolute Gasteiger partial charge is 0.262 e. The standard InChI is InChI=1S/C28H34ClN3O5S2/c1-20(33)27(35)32-39(36,37)28(29)17-22(12-13-25(28)23-10-6-3-7-11-23)18-30-15-14-26(34)31-19-24(38)16-21-8-4-2-5-9-21/h2-13,20,24,30,33,38H,14-19H2,1H3,(H,31,34)(H,32,35)/t20-,24+,28?/m0/s1. The number of hydrogen-bond acceptors (Lipinski definition) is 7. The largest absolute Gasteiger partial charge is 0.384 e. The fourth-order valence-electron chi connectivity index (χ4n) is 4.09. The van der Waals surface area contributed by atoms with Crippen LogP contribution in [0, 0.1) is 0 Å². The third-order valence-electron chi connectivity index (χ3n) is 6.20. The Morgan fingerprint density at radius 1 is 1.08 bits per heavy atom. The third-order valence-corrected chi connectivity index (χ3v) is 9.20. The molecule has 2 aromatic carbocycles. The van der Waals surface area contributed by atoms with Crippen molar-refractivity contribution in [1.82, 2.24) is 15.4 Å². The molecule has 1 unspecified atom stereocenters. The Morgan fingerprint density at radius 2 is 1.72 bits per heavy atom. The monoisotopic (exact) mass is 591 g/mol. The van der Waals surface area contributed by atoms with Crippen molar-refractivity contribution in [3.63, 3.8) is 0 Å². The second kappa shape index (κ2) is 14.1. The summed E-state index contributed by atoms with van der Waals surface area (Å²) in [4.78, 5) is 24.3. The van der Waals surface area contributed by atoms with E-state index < -0.39 is 26.2 Å². The SMILES string of the molecule is C[C@H](O)C(=O)NS(=O)(=O)C1(Cl)CC(CNCCC(=O)NC[C@H](S)Cc2ccccc2)=CC=C1c1ccccc1. The number of aliphatic hydroxyl groups excluding tert-OH is 1. The van der Waals surface area contributed by atoms with Gasteiger partial charge in [-0.2, -0.15) is 12.6 Å². The van der Waals surface area contributed by atoms with Gasteiger partial charge in [0.1, 0.15) is 6.10 Å². The molecule has 4 N–H and O–H groups in total. The zero-order chi connectivity index (χ0) is 28.5. The highest BCUT2D eigenvalue weighted by atomic mass is 35.5. The van der Waals surface area contributed by atoms with Crippen molar-refractivity contribution in [2.45, 2.75) is 41.7 Å². The van der Waals surface area contributed by atoms with Crippen molar-refractivity contribution in [3.8, 4) is 0 Å². The van der Waals surface area contributed by atoms with E-state index in [-0.39, 0.29) is 24.0 Å². The third kappa shape index (κ3) is 8.68. The summed E-state index contributed by atoms with van der Waals surface area (Å²) < 4.78 is 26.5. The summed E-state index contributed by atoms with van der Waals surface area (Å²) >= 11 is 11.4. The molecule has 3 atom stereocenters. The number of sulfonamides is 1. The molecule has 0 heterocycles. The van der Waals surface area contributed by atoms with Gasteiger partial charge >= 0.3 is 0 Å². The van der Waals surface area contributed by atoms with Crippen LogP contribution in [0.4, 0.5) is 0 Å². The molecule has 11 heteroatoms. The lowest BCUT2D eigenvalue weighted by Gasteiger charge is -2.33. The number of rotatable bonds is 13. The first-order valence-corrected chi connectivity index (χ1v) is 15.0. The molecular weight excluding hydrogens is 558 g/mol. The number of halogens is 1. The van der Waals surface area contributed by atoms with Crippen molar-refractivity contribution in [2.24, 2.45) is 0 Å². The van der Waals surface area contributed by atoms with Gasteiger partial charge in [0.15, 0.2) is 4.21 Å². The Labute approximate surface area is 240 Å². The Bertz CT molecular complexity index is 1300. The van der Waals surface area contributed by atoms with Gasteiger partial charge in [-0.15, -0.1) is 0 Å². The maximum atomic E-state index is 13.3. The van der Waals surface area contributed by atoms with Gasteiger partial charge in [-0.25, -0.2) is 13.1 Å². The minimum atomic E-state index is -4.44. The Morgan fingerprint density at radius 3 is 2.36 bits per heavy atom. The molecule has 8 nitrogen and oxygen atoms in total. The van der Waals surface area contributed by atoms with Crippen LogP contribution in [0.15, 0.2) is 78.4 Å². The zero-order valence-electron chi connectivity index (χ0n) is 21.6. The van der Waals surface area contributed by atoms with Gasteiger partial charge in [-0.3, -0.25) is 9.59 Å². The molecular formula is C28H34ClN3O5S2. The minimum absolute atomic E-state index is 0.00425. The Hall–Kier alpha value is -2.63. The number of carbonyl (C=O) groups is 2. The number of alkyl halides is 1. The first-order valence-electron chi connectivity index (χ1n) is 12.6. The average molecular weight is 592 g/mol. The number of hydrogen-bond donors (Lipinski definition) is 5. The van der Waals surface area contributed by atoms with Crippen LogP contribution in [-0.2, 0) is 26.0 Å². The number of nitrogens with one attached hydrogen (secondary N) is 3. The van der Waals surface area contributed by atoms with Crippen molar-refractivity contribution in [1.29, 1.82) is 0 Å². The summed E-state index contributed by atoms with van der Waals surface area (Å²) in [5.74, 6) is -1.18. The van der Waals surface area contributed by atoms with E-state index in [1.54, 1.807) is 42.5 Å². The molecule has 0 saturated carbocycles. The first kappa shape index (κ1) is 30.9. The van der Waals surface area contributed by atoms with E-state index in [1.165, 1.54) is 6.92 Å². The van der Waals surface area contributed by atoms with Crippen LogP contribution in [0.1, 0.15) is 30.9 Å². The van der Waals surface area contributed by atoms with E-state index in [1.807, 2.05) is 35.1 Å². The van der Waals surface area contributed by atoms with E-state index in [0.717, 1.165) is 12.0 Å². The predicted molar refractivity (Wildman–Crippen MR) is 158 cm³/mol. The van der Waals surface area contributed by atoms with Crippen molar-refractivity contribution >= 4 is 51.6 Å². The second-order valence-electron chi connectivity index (χ2n) is 9.40. The zero-order valence-corrected chi connectivity index (χ0v) is 24.1. The normalized spacial score (nSPS) is 18.9. The van der Waals surface area contributed by atoms with E-state index in [4.69, 9.17) is 11.6 Å². The molecule has 0 saturated heterocycles. The van der Waals surface area contributed by atoms with Gasteiger partial charge in [0.05, 0.1) is 0 Å². The van der Waals surface area contributed by atoms with Gasteiger partial charge < -0.3 is 15.7 Å². The van der Waals surface area contributed by atoms with E-state index in [0.29, 0.717) is 36.3 Å². The van der Waals surface area contributed by atoms with Crippen LogP contribution >= 0.6 is 24.2 Å². The summed E-state index contributed by atoms with van der Waals surface area (Å²) in [6, 6.07) is 18.7. The lowest BCUT2D eigenvalue weighted by atomic mass is 9.92. The molecule has 0 aromatic heterocycles.